The van der Waals surface area contributed by atoms with Gasteiger partial charge in [0.1, 0.15) is 0 Å². The molecule has 0 bridgehead atoms. The van der Waals surface area contributed by atoms with Crippen LogP contribution in [0.15, 0.2) is 48.7 Å². The molecule has 0 radical (unpaired) electrons. The number of fused-ring (bicyclic) bond motifs is 1. The predicted octanol–water partition coefficient (Wildman–Crippen LogP) is 9.12. The predicted molar refractivity (Wildman–Crippen MR) is 143 cm³/mol. The molecule has 0 amide bonds. The molecular weight excluding hydrogens is 686 g/mol. The average Bonchev–Trinajstić information content (AvgIpc) is 2.81. The molecule has 5 heteroatoms. The van der Waals surface area contributed by atoms with Crippen molar-refractivity contribution in [3.05, 3.63) is 59.8 Å². The van der Waals surface area contributed by atoms with Crippen molar-refractivity contribution in [1.29, 1.82) is 0 Å². The van der Waals surface area contributed by atoms with E-state index in [-0.39, 0.29) is 19.8 Å². The van der Waals surface area contributed by atoms with Crippen LogP contribution in [0.2, 0.25) is 0 Å². The van der Waals surface area contributed by atoms with Gasteiger partial charge in [-0.05, 0) is 55.2 Å². The Balaban J connectivity index is -0.000000536. The van der Waals surface area contributed by atoms with Crippen LogP contribution in [-0.4, -0.2) is 7.05 Å². The number of allylic oxidation sites excluding steroid dienone is 4. The Morgan fingerprint density at radius 2 is 1.64 bits per heavy atom. The molecule has 0 fully saturated rings. The quantitative estimate of drug-likeness (QED) is 0.223. The molecule has 0 atom stereocenters. The molecule has 2 rings (SSSR count). The molecular formula is C20H33I3NV. The van der Waals surface area contributed by atoms with Gasteiger partial charge >= 0.3 is 64.9 Å². The molecule has 1 aromatic rings. The summed E-state index contributed by atoms with van der Waals surface area (Å²) in [5, 5.41) is 0. The molecule has 1 aromatic carbocycles. The van der Waals surface area contributed by atoms with Crippen LogP contribution >= 0.6 is 59.9 Å². The maximum absolute atomic E-state index is 3.69. The number of anilines is 1. The minimum atomic E-state index is -0.278. The Labute approximate surface area is 194 Å². The fourth-order valence-electron chi connectivity index (χ4n) is 2.21. The van der Waals surface area contributed by atoms with Crippen LogP contribution in [0.25, 0.3) is 5.57 Å². The van der Waals surface area contributed by atoms with E-state index in [2.05, 4.69) is 111 Å². The normalized spacial score (nSPS) is 11.4. The van der Waals surface area contributed by atoms with Gasteiger partial charge in [0.05, 0.1) is 0 Å². The molecule has 144 valence electrons. The Kier molecular flexibility index (Phi) is 21.1. The number of benzene rings is 1. The number of rotatable bonds is 3. The average molecular weight is 719 g/mol. The third kappa shape index (κ3) is 11.5. The summed E-state index contributed by atoms with van der Waals surface area (Å²) in [5.41, 5.74) is 6.99. The Morgan fingerprint density at radius 1 is 1.12 bits per heavy atom. The molecule has 0 unspecified atom stereocenters. The first kappa shape index (κ1) is 30.7. The summed E-state index contributed by atoms with van der Waals surface area (Å²) in [4.78, 5) is 1.84. The number of hydrogen-bond donors (Lipinski definition) is 0. The van der Waals surface area contributed by atoms with Crippen molar-refractivity contribution in [2.75, 3.05) is 11.9 Å². The van der Waals surface area contributed by atoms with E-state index in [1.165, 1.54) is 28.0 Å². The molecule has 1 aliphatic carbocycles. The van der Waals surface area contributed by atoms with Gasteiger partial charge in [-0.25, -0.2) is 0 Å². The number of nitrogens with zero attached hydrogens (tertiary/aromatic N) is 1. The van der Waals surface area contributed by atoms with Crippen LogP contribution in [-0.2, 0) is 11.3 Å². The SMILES string of the molecule is C.C.C=CC=CN(C)c1ccc2c(c1)C(C)=C(C)C2.CC.[I][V]([I])[I]. The summed E-state index contributed by atoms with van der Waals surface area (Å²) >= 11 is 7.39. The monoisotopic (exact) mass is 719 g/mol. The minimum absolute atomic E-state index is 0. The van der Waals surface area contributed by atoms with Crippen molar-refractivity contribution in [3.63, 3.8) is 0 Å². The molecule has 1 nitrogen and oxygen atoms in total. The van der Waals surface area contributed by atoms with E-state index in [1.54, 1.807) is 6.08 Å². The molecule has 0 aliphatic heterocycles. The van der Waals surface area contributed by atoms with Crippen LogP contribution in [0, 0.1) is 0 Å². The maximum atomic E-state index is 3.69. The van der Waals surface area contributed by atoms with E-state index >= 15 is 0 Å². The molecule has 0 saturated heterocycles. The van der Waals surface area contributed by atoms with E-state index in [4.69, 9.17) is 0 Å². The summed E-state index contributed by atoms with van der Waals surface area (Å²) in [7, 11) is 2.06. The van der Waals surface area contributed by atoms with Crippen LogP contribution in [0.5, 0.6) is 0 Å². The fourth-order valence-corrected chi connectivity index (χ4v) is 2.21. The van der Waals surface area contributed by atoms with E-state index in [9.17, 15) is 0 Å². The van der Waals surface area contributed by atoms with Crippen molar-refractivity contribution in [1.82, 2.24) is 0 Å². The van der Waals surface area contributed by atoms with E-state index in [1.807, 2.05) is 26.1 Å². The van der Waals surface area contributed by atoms with Gasteiger partial charge in [0, 0.05) is 18.9 Å². The number of halogens is 3. The van der Waals surface area contributed by atoms with Crippen molar-refractivity contribution in [3.8, 4) is 0 Å². The zero-order chi connectivity index (χ0) is 18.0. The molecule has 25 heavy (non-hydrogen) atoms. The molecule has 0 N–H and O–H groups in total. The van der Waals surface area contributed by atoms with Gasteiger partial charge in [0.15, 0.2) is 0 Å². The van der Waals surface area contributed by atoms with Gasteiger partial charge < -0.3 is 4.90 Å². The molecule has 0 saturated carbocycles. The van der Waals surface area contributed by atoms with Gasteiger partial charge in [-0.1, -0.05) is 53.0 Å². The zero-order valence-electron chi connectivity index (χ0n) is 14.4. The summed E-state index contributed by atoms with van der Waals surface area (Å²) in [6.45, 7) is 12.1. The molecule has 0 spiro atoms. The van der Waals surface area contributed by atoms with E-state index in [0.29, 0.717) is 0 Å². The van der Waals surface area contributed by atoms with E-state index < -0.39 is 0 Å². The number of hydrogen-bond acceptors (Lipinski definition) is 1. The first-order chi connectivity index (χ1) is 10.9. The topological polar surface area (TPSA) is 3.24 Å². The van der Waals surface area contributed by atoms with Gasteiger partial charge in [0.2, 0.25) is 0 Å². The second-order valence-electron chi connectivity index (χ2n) is 4.80. The van der Waals surface area contributed by atoms with Crippen molar-refractivity contribution in [2.24, 2.45) is 0 Å². The van der Waals surface area contributed by atoms with Gasteiger partial charge in [-0.2, -0.15) is 0 Å². The van der Waals surface area contributed by atoms with Crippen LogP contribution in [0.4, 0.5) is 5.69 Å². The summed E-state index contributed by atoms with van der Waals surface area (Å²) in [5.74, 6) is 0. The standard InChI is InChI=1S/C16H19N.C2H6.2CH4.3HI.V/c1-5-6-9-17(4)15-8-7-14-10-12(2)13(3)16(14)11-15;1-2;;;;;;/h5-9,11H,1,10H2,2-4H3;1-2H3;2*1H4;3*1H;/q;;;;;;;+3/p-3. The summed E-state index contributed by atoms with van der Waals surface area (Å²) in [6, 6.07) is 6.69. The third-order valence-corrected chi connectivity index (χ3v) is 3.45. The molecule has 0 heterocycles. The zero-order valence-corrected chi connectivity index (χ0v) is 22.3. The molecule has 1 aliphatic rings. The van der Waals surface area contributed by atoms with Crippen molar-refractivity contribution < 1.29 is 4.92 Å². The second-order valence-corrected chi connectivity index (χ2v) is 40.2. The van der Waals surface area contributed by atoms with Crippen molar-refractivity contribution in [2.45, 2.75) is 49.0 Å². The van der Waals surface area contributed by atoms with Crippen LogP contribution in [0.3, 0.4) is 0 Å². The summed E-state index contributed by atoms with van der Waals surface area (Å²) in [6.07, 6.45) is 6.86. The third-order valence-electron chi connectivity index (χ3n) is 3.45. The van der Waals surface area contributed by atoms with Crippen LogP contribution < -0.4 is 4.90 Å². The first-order valence-corrected chi connectivity index (χ1v) is 21.0. The molecule has 0 aromatic heterocycles. The van der Waals surface area contributed by atoms with Crippen LogP contribution in [0.1, 0.15) is 53.7 Å². The van der Waals surface area contributed by atoms with Gasteiger partial charge in [0.25, 0.3) is 0 Å². The Bertz CT molecular complexity index is 563. The second kappa shape index (κ2) is 17.1. The summed E-state index contributed by atoms with van der Waals surface area (Å²) < 4.78 is 0. The van der Waals surface area contributed by atoms with Crippen molar-refractivity contribution >= 4 is 71.2 Å². The Hall–Kier alpha value is 1.01. The van der Waals surface area contributed by atoms with E-state index in [0.717, 1.165) is 6.42 Å². The van der Waals surface area contributed by atoms with Gasteiger partial charge in [-0.15, -0.1) is 0 Å². The Morgan fingerprint density at radius 3 is 2.12 bits per heavy atom. The first-order valence-electron chi connectivity index (χ1n) is 7.46. The fraction of sp³-hybridized carbons (Fsp3) is 0.400. The van der Waals surface area contributed by atoms with Gasteiger partial charge in [-0.3, -0.25) is 0 Å².